The Labute approximate surface area is 106 Å². The molecule has 0 spiro atoms. The molecule has 0 radical (unpaired) electrons. The van der Waals surface area contributed by atoms with E-state index in [0.717, 1.165) is 25.8 Å². The summed E-state index contributed by atoms with van der Waals surface area (Å²) in [5, 5.41) is 3.49. The minimum Gasteiger partial charge on any atom is -0.326 e. The summed E-state index contributed by atoms with van der Waals surface area (Å²) in [5.41, 5.74) is 0. The molecule has 0 bridgehead atoms. The second-order valence-corrected chi connectivity index (χ2v) is 5.43. The summed E-state index contributed by atoms with van der Waals surface area (Å²) >= 11 is 0. The number of nitrogens with one attached hydrogen (secondary N) is 1. The third kappa shape index (κ3) is 3.70. The van der Waals surface area contributed by atoms with E-state index in [9.17, 15) is 4.79 Å². The standard InChI is InChI=1S/C14H28N2O/c1-5-7-8-10-16-12(9-6-2)15-13(11(3)4)14(16)17/h11-13,15H,5-10H2,1-4H3. The Morgan fingerprint density at radius 1 is 1.24 bits per heavy atom. The second-order valence-electron chi connectivity index (χ2n) is 5.43. The molecule has 17 heavy (non-hydrogen) atoms. The van der Waals surface area contributed by atoms with Crippen molar-refractivity contribution < 1.29 is 4.79 Å². The van der Waals surface area contributed by atoms with Gasteiger partial charge in [0.1, 0.15) is 0 Å². The van der Waals surface area contributed by atoms with Crippen LogP contribution in [0.5, 0.6) is 0 Å². The highest BCUT2D eigenvalue weighted by molar-refractivity contribution is 5.84. The third-order valence-corrected chi connectivity index (χ3v) is 3.53. The molecule has 1 heterocycles. The topological polar surface area (TPSA) is 32.3 Å². The van der Waals surface area contributed by atoms with Crippen LogP contribution in [0.4, 0.5) is 0 Å². The summed E-state index contributed by atoms with van der Waals surface area (Å²) in [4.78, 5) is 14.4. The second kappa shape index (κ2) is 7.00. The molecule has 1 fully saturated rings. The molecule has 3 heteroatoms. The Hall–Kier alpha value is -0.570. The Kier molecular flexibility index (Phi) is 5.96. The van der Waals surface area contributed by atoms with E-state index in [1.165, 1.54) is 12.8 Å². The van der Waals surface area contributed by atoms with E-state index in [4.69, 9.17) is 0 Å². The number of carbonyl (C=O) groups is 1. The highest BCUT2D eigenvalue weighted by atomic mass is 16.2. The molecule has 100 valence electrons. The molecule has 1 amide bonds. The Bertz CT molecular complexity index is 240. The smallest absolute Gasteiger partial charge is 0.241 e. The predicted octanol–water partition coefficient (Wildman–Crippen LogP) is 2.76. The average Bonchev–Trinajstić information content (AvgIpc) is 2.58. The molecule has 1 aliphatic rings. The number of hydrogen-bond acceptors (Lipinski definition) is 2. The molecule has 3 nitrogen and oxygen atoms in total. The normalized spacial score (nSPS) is 25.0. The fourth-order valence-corrected chi connectivity index (χ4v) is 2.49. The Morgan fingerprint density at radius 2 is 1.94 bits per heavy atom. The minimum atomic E-state index is 0.0353. The lowest BCUT2D eigenvalue weighted by Crippen LogP contribution is -2.38. The van der Waals surface area contributed by atoms with E-state index < -0.39 is 0 Å². The number of carbonyl (C=O) groups excluding carboxylic acids is 1. The van der Waals surface area contributed by atoms with E-state index >= 15 is 0 Å². The van der Waals surface area contributed by atoms with E-state index in [2.05, 4.69) is 37.9 Å². The number of rotatable bonds is 7. The zero-order chi connectivity index (χ0) is 12.8. The van der Waals surface area contributed by atoms with Crippen molar-refractivity contribution in [3.63, 3.8) is 0 Å². The third-order valence-electron chi connectivity index (χ3n) is 3.53. The monoisotopic (exact) mass is 240 g/mol. The van der Waals surface area contributed by atoms with Gasteiger partial charge < -0.3 is 4.90 Å². The largest absolute Gasteiger partial charge is 0.326 e. The highest BCUT2D eigenvalue weighted by Crippen LogP contribution is 2.20. The van der Waals surface area contributed by atoms with Crippen molar-refractivity contribution >= 4 is 5.91 Å². The molecule has 0 aliphatic carbocycles. The van der Waals surface area contributed by atoms with Crippen LogP contribution in [-0.4, -0.2) is 29.6 Å². The summed E-state index contributed by atoms with van der Waals surface area (Å²) in [6, 6.07) is 0.0353. The first-order valence-electron chi connectivity index (χ1n) is 7.18. The van der Waals surface area contributed by atoms with Gasteiger partial charge in [-0.15, -0.1) is 0 Å². The Morgan fingerprint density at radius 3 is 2.47 bits per heavy atom. The lowest BCUT2D eigenvalue weighted by molar-refractivity contribution is -0.130. The van der Waals surface area contributed by atoms with Crippen LogP contribution in [0.25, 0.3) is 0 Å². The molecule has 0 aromatic rings. The van der Waals surface area contributed by atoms with Crippen molar-refractivity contribution in [3.05, 3.63) is 0 Å². The van der Waals surface area contributed by atoms with Crippen molar-refractivity contribution in [2.75, 3.05) is 6.54 Å². The Balaban J connectivity index is 2.58. The van der Waals surface area contributed by atoms with Gasteiger partial charge in [-0.3, -0.25) is 10.1 Å². The van der Waals surface area contributed by atoms with Gasteiger partial charge in [0.05, 0.1) is 12.2 Å². The quantitative estimate of drug-likeness (QED) is 0.694. The lowest BCUT2D eigenvalue weighted by Gasteiger charge is -2.23. The fourth-order valence-electron chi connectivity index (χ4n) is 2.49. The van der Waals surface area contributed by atoms with Gasteiger partial charge in [0.2, 0.25) is 5.91 Å². The number of amides is 1. The molecule has 0 aromatic heterocycles. The molecular formula is C14H28N2O. The number of hydrogen-bond donors (Lipinski definition) is 1. The van der Waals surface area contributed by atoms with Gasteiger partial charge >= 0.3 is 0 Å². The lowest BCUT2D eigenvalue weighted by atomic mass is 10.1. The summed E-state index contributed by atoms with van der Waals surface area (Å²) in [5.74, 6) is 0.701. The zero-order valence-corrected chi connectivity index (χ0v) is 11.8. The van der Waals surface area contributed by atoms with Gasteiger partial charge in [-0.1, -0.05) is 47.0 Å². The van der Waals surface area contributed by atoms with Crippen molar-refractivity contribution in [1.82, 2.24) is 10.2 Å². The van der Waals surface area contributed by atoms with Crippen LogP contribution in [0.3, 0.4) is 0 Å². The van der Waals surface area contributed by atoms with Gasteiger partial charge in [0, 0.05) is 6.54 Å². The molecule has 0 saturated carbocycles. The molecule has 1 aliphatic heterocycles. The van der Waals surface area contributed by atoms with E-state index in [1.807, 2.05) is 0 Å². The fraction of sp³-hybridized carbons (Fsp3) is 0.929. The van der Waals surface area contributed by atoms with Crippen LogP contribution >= 0.6 is 0 Å². The van der Waals surface area contributed by atoms with Gasteiger partial charge in [-0.2, -0.15) is 0 Å². The van der Waals surface area contributed by atoms with Gasteiger partial charge in [-0.05, 0) is 18.8 Å². The van der Waals surface area contributed by atoms with Crippen LogP contribution in [0.15, 0.2) is 0 Å². The summed E-state index contributed by atoms with van der Waals surface area (Å²) < 4.78 is 0. The maximum atomic E-state index is 12.3. The highest BCUT2D eigenvalue weighted by Gasteiger charge is 2.38. The van der Waals surface area contributed by atoms with Gasteiger partial charge in [-0.25, -0.2) is 0 Å². The predicted molar refractivity (Wildman–Crippen MR) is 71.7 cm³/mol. The minimum absolute atomic E-state index is 0.0353. The molecule has 1 rings (SSSR count). The average molecular weight is 240 g/mol. The number of nitrogens with zero attached hydrogens (tertiary/aromatic N) is 1. The van der Waals surface area contributed by atoms with Crippen LogP contribution in [0, 0.1) is 5.92 Å². The molecule has 1 saturated heterocycles. The zero-order valence-electron chi connectivity index (χ0n) is 11.8. The van der Waals surface area contributed by atoms with Crippen LogP contribution in [0.2, 0.25) is 0 Å². The van der Waals surface area contributed by atoms with Crippen molar-refractivity contribution in [2.45, 2.75) is 72.0 Å². The SMILES string of the molecule is CCCCCN1C(=O)C(C(C)C)NC1CCC. The molecule has 2 unspecified atom stereocenters. The van der Waals surface area contributed by atoms with Gasteiger partial charge in [0.15, 0.2) is 0 Å². The molecule has 1 N–H and O–H groups in total. The number of unbranched alkanes of at least 4 members (excludes halogenated alkanes) is 2. The van der Waals surface area contributed by atoms with Crippen LogP contribution in [-0.2, 0) is 4.79 Å². The van der Waals surface area contributed by atoms with E-state index in [1.54, 1.807) is 0 Å². The molecular weight excluding hydrogens is 212 g/mol. The maximum absolute atomic E-state index is 12.3. The van der Waals surface area contributed by atoms with Crippen molar-refractivity contribution in [1.29, 1.82) is 0 Å². The van der Waals surface area contributed by atoms with Crippen molar-refractivity contribution in [3.8, 4) is 0 Å². The molecule has 2 atom stereocenters. The maximum Gasteiger partial charge on any atom is 0.241 e. The van der Waals surface area contributed by atoms with E-state index in [0.29, 0.717) is 11.8 Å². The summed E-state index contributed by atoms with van der Waals surface area (Å²) in [6.45, 7) is 9.54. The van der Waals surface area contributed by atoms with Crippen LogP contribution in [0.1, 0.15) is 59.8 Å². The van der Waals surface area contributed by atoms with Gasteiger partial charge in [0.25, 0.3) is 0 Å². The first-order valence-corrected chi connectivity index (χ1v) is 7.18. The van der Waals surface area contributed by atoms with Crippen LogP contribution < -0.4 is 5.32 Å². The molecule has 0 aromatic carbocycles. The summed E-state index contributed by atoms with van der Waals surface area (Å²) in [7, 11) is 0. The first kappa shape index (κ1) is 14.5. The summed E-state index contributed by atoms with van der Waals surface area (Å²) in [6.07, 6.45) is 6.03. The van der Waals surface area contributed by atoms with E-state index in [-0.39, 0.29) is 12.2 Å². The first-order chi connectivity index (χ1) is 8.11. The van der Waals surface area contributed by atoms with Crippen molar-refractivity contribution in [2.24, 2.45) is 5.92 Å².